The lowest BCUT2D eigenvalue weighted by Crippen LogP contribution is -2.03. The largest absolute Gasteiger partial charge is 0.356 e. The second kappa shape index (κ2) is 7.86. The van der Waals surface area contributed by atoms with Crippen molar-refractivity contribution in [1.29, 1.82) is 0 Å². The molecule has 112 valence electrons. The normalized spacial score (nSPS) is 11.6. The molecule has 2 aromatic rings. The van der Waals surface area contributed by atoms with Crippen LogP contribution in [0.5, 0.6) is 0 Å². The summed E-state index contributed by atoms with van der Waals surface area (Å²) in [6.07, 6.45) is 2.53. The van der Waals surface area contributed by atoms with Crippen molar-refractivity contribution in [2.24, 2.45) is 4.99 Å². The lowest BCUT2D eigenvalue weighted by Gasteiger charge is -2.00. The third kappa shape index (κ3) is 5.09. The lowest BCUT2D eigenvalue weighted by atomic mass is 10.3. The van der Waals surface area contributed by atoms with E-state index in [0.717, 1.165) is 14.6 Å². The average Bonchev–Trinajstić information content (AvgIpc) is 2.50. The van der Waals surface area contributed by atoms with Gasteiger partial charge in [0.05, 0.1) is 16.8 Å². The summed E-state index contributed by atoms with van der Waals surface area (Å²) in [6, 6.07) is 14.5. The number of nitrogens with zero attached hydrogens (tertiary/aromatic N) is 2. The fourth-order valence-electron chi connectivity index (χ4n) is 1.51. The van der Waals surface area contributed by atoms with Crippen LogP contribution in [0.4, 0.5) is 11.4 Å². The molecule has 0 aromatic heterocycles. The average molecular weight is 425 g/mol. The van der Waals surface area contributed by atoms with Crippen LogP contribution >= 0.6 is 31.9 Å². The Balaban J connectivity index is 2.12. The molecule has 0 aliphatic rings. The van der Waals surface area contributed by atoms with Gasteiger partial charge in [-0.05, 0) is 48.5 Å². The quantitative estimate of drug-likeness (QED) is 0.410. The van der Waals surface area contributed by atoms with Crippen LogP contribution in [0.2, 0.25) is 0 Å². The van der Waals surface area contributed by atoms with E-state index >= 15 is 0 Å². The summed E-state index contributed by atoms with van der Waals surface area (Å²) in [5.74, 6) is 0. The fourth-order valence-corrected chi connectivity index (χ4v) is 2.04. The van der Waals surface area contributed by atoms with Crippen LogP contribution in [0.25, 0.3) is 0 Å². The monoisotopic (exact) mass is 423 g/mol. The molecule has 0 bridgehead atoms. The molecule has 0 aliphatic heterocycles. The van der Waals surface area contributed by atoms with Gasteiger partial charge < -0.3 is 5.32 Å². The van der Waals surface area contributed by atoms with E-state index in [1.165, 1.54) is 12.4 Å². The van der Waals surface area contributed by atoms with Gasteiger partial charge >= 0.3 is 5.70 Å². The third-order valence-electron chi connectivity index (χ3n) is 2.61. The number of allylic oxidation sites excluding steroid dienone is 1. The number of aliphatic imine (C=N–C) groups is 1. The third-order valence-corrected chi connectivity index (χ3v) is 3.67. The molecular weight excluding hydrogens is 414 g/mol. The molecule has 2 rings (SSSR count). The van der Waals surface area contributed by atoms with E-state index in [1.54, 1.807) is 12.1 Å². The fraction of sp³-hybridized carbons (Fsp3) is 0. The molecule has 1 N–H and O–H groups in total. The molecule has 0 aliphatic carbocycles. The second-order valence-corrected chi connectivity index (χ2v) is 6.04. The van der Waals surface area contributed by atoms with Crippen molar-refractivity contribution in [3.05, 3.63) is 79.5 Å². The van der Waals surface area contributed by atoms with Crippen LogP contribution in [-0.2, 0) is 0 Å². The summed E-state index contributed by atoms with van der Waals surface area (Å²) in [5, 5.41) is 13.9. The van der Waals surface area contributed by atoms with Crippen LogP contribution in [0.1, 0.15) is 0 Å². The highest BCUT2D eigenvalue weighted by molar-refractivity contribution is 9.10. The topological polar surface area (TPSA) is 67.5 Å². The van der Waals surface area contributed by atoms with Crippen LogP contribution in [0.15, 0.2) is 74.4 Å². The summed E-state index contributed by atoms with van der Waals surface area (Å²) >= 11 is 6.65. The minimum Gasteiger partial charge on any atom is -0.356 e. The molecule has 7 heteroatoms. The number of benzene rings is 2. The number of hydrogen-bond donors (Lipinski definition) is 1. The van der Waals surface area contributed by atoms with Crippen molar-refractivity contribution in [2.75, 3.05) is 5.32 Å². The van der Waals surface area contributed by atoms with Crippen molar-refractivity contribution in [3.8, 4) is 0 Å². The van der Waals surface area contributed by atoms with Gasteiger partial charge in [-0.25, -0.2) is 4.99 Å². The Bertz CT molecular complexity index is 711. The predicted octanol–water partition coefficient (Wildman–Crippen LogP) is 5.14. The molecule has 0 atom stereocenters. The van der Waals surface area contributed by atoms with Crippen molar-refractivity contribution in [3.63, 3.8) is 0 Å². The molecule has 0 spiro atoms. The molecule has 2 aromatic carbocycles. The number of anilines is 1. The lowest BCUT2D eigenvalue weighted by molar-refractivity contribution is -0.414. The highest BCUT2D eigenvalue weighted by Crippen LogP contribution is 2.17. The van der Waals surface area contributed by atoms with Crippen molar-refractivity contribution in [1.82, 2.24) is 0 Å². The number of nitrogens with one attached hydrogen (secondary N) is 1. The molecule has 0 heterocycles. The summed E-state index contributed by atoms with van der Waals surface area (Å²) in [4.78, 5) is 14.6. The van der Waals surface area contributed by atoms with Crippen molar-refractivity contribution < 1.29 is 4.92 Å². The van der Waals surface area contributed by atoms with Crippen LogP contribution in [0.3, 0.4) is 0 Å². The Hall–Kier alpha value is -1.99. The van der Waals surface area contributed by atoms with Crippen LogP contribution in [-0.4, -0.2) is 11.1 Å². The molecular formula is C15H11Br2N3O2. The standard InChI is InChI=1S/C15H11Br2N3O2/c16-11-1-5-13(6-2-11)18-9-15(20(21)22)10-19-14-7-3-12(17)4-8-14/h1-10,18H. The van der Waals surface area contributed by atoms with E-state index in [2.05, 4.69) is 42.2 Å². The zero-order chi connectivity index (χ0) is 15.9. The van der Waals surface area contributed by atoms with Crippen molar-refractivity contribution in [2.45, 2.75) is 0 Å². The van der Waals surface area contributed by atoms with E-state index < -0.39 is 4.92 Å². The van der Waals surface area contributed by atoms with E-state index in [-0.39, 0.29) is 5.70 Å². The minimum absolute atomic E-state index is 0.133. The Morgan fingerprint density at radius 3 is 2.14 bits per heavy atom. The Kier molecular flexibility index (Phi) is 5.85. The maximum atomic E-state index is 11.0. The minimum atomic E-state index is -0.492. The summed E-state index contributed by atoms with van der Waals surface area (Å²) in [7, 11) is 0. The van der Waals surface area contributed by atoms with E-state index in [0.29, 0.717) is 5.69 Å². The molecule has 0 fully saturated rings. The van der Waals surface area contributed by atoms with E-state index in [1.807, 2.05) is 36.4 Å². The van der Waals surface area contributed by atoms with Gasteiger partial charge in [-0.3, -0.25) is 10.1 Å². The van der Waals surface area contributed by atoms with Gasteiger partial charge in [0.2, 0.25) is 0 Å². The number of hydrogen-bond acceptors (Lipinski definition) is 4. The van der Waals surface area contributed by atoms with E-state index in [4.69, 9.17) is 0 Å². The number of rotatable bonds is 5. The van der Waals surface area contributed by atoms with Gasteiger partial charge in [0.25, 0.3) is 0 Å². The molecule has 5 nitrogen and oxygen atoms in total. The highest BCUT2D eigenvalue weighted by atomic mass is 79.9. The molecule has 0 amide bonds. The van der Waals surface area contributed by atoms with Crippen LogP contribution < -0.4 is 5.32 Å². The summed E-state index contributed by atoms with van der Waals surface area (Å²) in [5.41, 5.74) is 1.25. The Morgan fingerprint density at radius 1 is 1.05 bits per heavy atom. The maximum absolute atomic E-state index is 11.0. The summed E-state index contributed by atoms with van der Waals surface area (Å²) in [6.45, 7) is 0. The van der Waals surface area contributed by atoms with Gasteiger partial charge in [0.15, 0.2) is 0 Å². The maximum Gasteiger partial charge on any atom is 0.303 e. The predicted molar refractivity (Wildman–Crippen MR) is 95.1 cm³/mol. The second-order valence-electron chi connectivity index (χ2n) is 4.21. The van der Waals surface area contributed by atoms with Gasteiger partial charge in [0, 0.05) is 14.6 Å². The van der Waals surface area contributed by atoms with Gasteiger partial charge in [-0.1, -0.05) is 31.9 Å². The van der Waals surface area contributed by atoms with Crippen molar-refractivity contribution >= 4 is 49.4 Å². The Labute approximate surface area is 144 Å². The molecule has 0 unspecified atom stereocenters. The molecule has 0 saturated carbocycles. The highest BCUT2D eigenvalue weighted by Gasteiger charge is 2.06. The first kappa shape index (κ1) is 16.4. The first-order valence-electron chi connectivity index (χ1n) is 6.21. The SMILES string of the molecule is O=[N+]([O-])C(C=Nc1ccc(Br)cc1)=CNc1ccc(Br)cc1. The number of nitro groups is 1. The number of halogens is 2. The first-order valence-corrected chi connectivity index (χ1v) is 7.79. The summed E-state index contributed by atoms with van der Waals surface area (Å²) < 4.78 is 1.86. The zero-order valence-electron chi connectivity index (χ0n) is 11.2. The van der Waals surface area contributed by atoms with Gasteiger partial charge in [-0.15, -0.1) is 0 Å². The first-order chi connectivity index (χ1) is 10.5. The Morgan fingerprint density at radius 2 is 1.59 bits per heavy atom. The van der Waals surface area contributed by atoms with Gasteiger partial charge in [-0.2, -0.15) is 0 Å². The van der Waals surface area contributed by atoms with E-state index in [9.17, 15) is 10.1 Å². The molecule has 0 saturated heterocycles. The van der Waals surface area contributed by atoms with Gasteiger partial charge in [0.1, 0.15) is 6.21 Å². The van der Waals surface area contributed by atoms with Crippen LogP contribution in [0, 0.1) is 10.1 Å². The molecule has 22 heavy (non-hydrogen) atoms. The zero-order valence-corrected chi connectivity index (χ0v) is 14.4. The molecule has 0 radical (unpaired) electrons. The smallest absolute Gasteiger partial charge is 0.303 e.